The van der Waals surface area contributed by atoms with E-state index in [0.29, 0.717) is 28.0 Å². The molecule has 1 unspecified atom stereocenters. The highest BCUT2D eigenvalue weighted by Crippen LogP contribution is 2.30. The van der Waals surface area contributed by atoms with Gasteiger partial charge < -0.3 is 14.2 Å². The molecule has 0 bridgehead atoms. The van der Waals surface area contributed by atoms with Crippen molar-refractivity contribution in [2.45, 2.75) is 18.4 Å². The van der Waals surface area contributed by atoms with Crippen molar-refractivity contribution in [1.82, 2.24) is 9.55 Å². The fourth-order valence-corrected chi connectivity index (χ4v) is 5.67. The first kappa shape index (κ1) is 28.7. The maximum atomic E-state index is 12.0. The van der Waals surface area contributed by atoms with E-state index in [1.165, 1.54) is 0 Å². The number of imidazole rings is 1. The third-order valence-electron chi connectivity index (χ3n) is 6.62. The highest BCUT2D eigenvalue weighted by Gasteiger charge is 2.13. The van der Waals surface area contributed by atoms with Gasteiger partial charge in [0, 0.05) is 23.3 Å². The number of carboxylic acids is 1. The topological polar surface area (TPSA) is 78.2 Å². The molecule has 1 heterocycles. The molecular formula is C33H26Cl2N2O3S. The van der Waals surface area contributed by atoms with Crippen LogP contribution in [-0.4, -0.2) is 30.9 Å². The molecule has 0 amide bonds. The lowest BCUT2D eigenvalue weighted by Gasteiger charge is -2.08. The van der Waals surface area contributed by atoms with Crippen molar-refractivity contribution in [2.24, 2.45) is 0 Å². The van der Waals surface area contributed by atoms with Crippen LogP contribution in [0.1, 0.15) is 34.2 Å². The lowest BCUT2D eigenvalue weighted by Crippen LogP contribution is -2.03. The van der Waals surface area contributed by atoms with Crippen LogP contribution in [0.25, 0.3) is 34.5 Å². The molecule has 41 heavy (non-hydrogen) atoms. The molecule has 5 rings (SSSR count). The zero-order valence-corrected chi connectivity index (χ0v) is 24.5. The molecule has 0 aliphatic heterocycles. The molecule has 8 heteroatoms. The second-order valence-electron chi connectivity index (χ2n) is 9.35. The summed E-state index contributed by atoms with van der Waals surface area (Å²) in [6, 6.07) is 28.1. The van der Waals surface area contributed by atoms with E-state index >= 15 is 0 Å². The Morgan fingerprint density at radius 2 is 1.59 bits per heavy atom. The Kier molecular flexibility index (Phi) is 8.96. The Labute approximate surface area is 251 Å². The normalized spacial score (nSPS) is 12.1. The minimum atomic E-state index is -0.965. The van der Waals surface area contributed by atoms with E-state index in [4.69, 9.17) is 28.2 Å². The average molecular weight is 602 g/mol. The largest absolute Gasteiger partial charge is 0.611 e. The second-order valence-corrected chi connectivity index (χ2v) is 11.9. The first-order valence-electron chi connectivity index (χ1n) is 12.9. The summed E-state index contributed by atoms with van der Waals surface area (Å²) in [5.74, 6) is 0.361. The van der Waals surface area contributed by atoms with Gasteiger partial charge in [-0.3, -0.25) is 0 Å². The maximum Gasteiger partial charge on any atom is 0.335 e. The number of aromatic nitrogens is 2. The summed E-state index contributed by atoms with van der Waals surface area (Å²) in [5, 5.41) is 10.3. The van der Waals surface area contributed by atoms with Gasteiger partial charge >= 0.3 is 5.97 Å². The molecule has 1 atom stereocenters. The van der Waals surface area contributed by atoms with Gasteiger partial charge in [-0.1, -0.05) is 65.7 Å². The number of nitrogens with zero attached hydrogens (tertiary/aromatic N) is 2. The molecule has 0 spiro atoms. The van der Waals surface area contributed by atoms with Gasteiger partial charge in [0.25, 0.3) is 0 Å². The van der Waals surface area contributed by atoms with Gasteiger partial charge in [0.15, 0.2) is 4.90 Å². The van der Waals surface area contributed by atoms with Crippen LogP contribution >= 0.6 is 23.2 Å². The Morgan fingerprint density at radius 1 is 0.927 bits per heavy atom. The van der Waals surface area contributed by atoms with Crippen molar-refractivity contribution in [2.75, 3.05) is 5.75 Å². The molecule has 5 aromatic rings. The molecule has 5 nitrogen and oxygen atoms in total. The van der Waals surface area contributed by atoms with Crippen molar-refractivity contribution in [3.8, 4) is 22.4 Å². The zero-order valence-electron chi connectivity index (χ0n) is 22.1. The fraction of sp³-hybridized carbons (Fsp3) is 0.0909. The smallest absolute Gasteiger partial charge is 0.335 e. The van der Waals surface area contributed by atoms with Gasteiger partial charge in [0.2, 0.25) is 0 Å². The summed E-state index contributed by atoms with van der Waals surface area (Å²) in [6.07, 6.45) is 5.87. The van der Waals surface area contributed by atoms with Crippen LogP contribution in [0.3, 0.4) is 0 Å². The third-order valence-corrected chi connectivity index (χ3v) is 8.49. The first-order chi connectivity index (χ1) is 19.8. The van der Waals surface area contributed by atoms with E-state index in [-0.39, 0.29) is 5.56 Å². The first-order valence-corrected chi connectivity index (χ1v) is 15.0. The number of hydrogen-bond donors (Lipinski definition) is 1. The van der Waals surface area contributed by atoms with Crippen molar-refractivity contribution in [1.29, 1.82) is 0 Å². The summed E-state index contributed by atoms with van der Waals surface area (Å²) >= 11 is 11.6. The lowest BCUT2D eigenvalue weighted by molar-refractivity contribution is 0.0697. The number of benzene rings is 4. The predicted octanol–water partition coefficient (Wildman–Crippen LogP) is 8.57. The Hall–Kier alpha value is -3.81. The summed E-state index contributed by atoms with van der Waals surface area (Å²) in [4.78, 5) is 16.9. The number of rotatable bonds is 9. The standard InChI is InChI=1S/C33H26Cl2N2O3S/c1-2-41(40)28-15-12-25(13-16-28)24-8-3-22(4-9-24)7-18-32-36-31(29-17-14-27(34)19-30(29)35)21-37(32)20-23-5-10-26(11-6-23)33(38)39/h3-19,21H,2,20H2,1H3,(H,38,39). The maximum absolute atomic E-state index is 12.0. The average Bonchev–Trinajstić information content (AvgIpc) is 3.38. The van der Waals surface area contributed by atoms with Gasteiger partial charge in [-0.15, -0.1) is 0 Å². The predicted molar refractivity (Wildman–Crippen MR) is 168 cm³/mol. The molecule has 0 radical (unpaired) electrons. The molecule has 0 aliphatic rings. The van der Waals surface area contributed by atoms with Crippen molar-refractivity contribution in [3.05, 3.63) is 130 Å². The molecule has 4 aromatic carbocycles. The van der Waals surface area contributed by atoms with E-state index in [2.05, 4.69) is 12.1 Å². The van der Waals surface area contributed by atoms with Crippen LogP contribution in [-0.2, 0) is 17.7 Å². The van der Waals surface area contributed by atoms with Crippen molar-refractivity contribution >= 4 is 52.5 Å². The molecule has 1 N–H and O–H groups in total. The SMILES string of the molecule is CC[S+]([O-])c1ccc(-c2ccc(C=Cc3nc(-c4ccc(Cl)cc4Cl)cn3Cc3ccc(C(=O)O)cc3)cc2)cc1. The van der Waals surface area contributed by atoms with Crippen LogP contribution in [0.15, 0.2) is 102 Å². The van der Waals surface area contributed by atoms with E-state index in [1.807, 2.05) is 72.3 Å². The van der Waals surface area contributed by atoms with Gasteiger partial charge in [-0.25, -0.2) is 9.78 Å². The van der Waals surface area contributed by atoms with Gasteiger partial charge in [-0.05, 0) is 101 Å². The highest BCUT2D eigenvalue weighted by atomic mass is 35.5. The summed E-state index contributed by atoms with van der Waals surface area (Å²) in [6.45, 7) is 2.41. The van der Waals surface area contributed by atoms with Gasteiger partial charge in [0.1, 0.15) is 11.6 Å². The van der Waals surface area contributed by atoms with E-state index in [9.17, 15) is 14.5 Å². The van der Waals surface area contributed by atoms with E-state index in [0.717, 1.165) is 38.5 Å². The number of carbonyl (C=O) groups is 1. The number of carboxylic acid groups (broad SMARTS) is 1. The van der Waals surface area contributed by atoms with Gasteiger partial charge in [0.05, 0.1) is 16.3 Å². The minimum Gasteiger partial charge on any atom is -0.611 e. The molecule has 0 saturated heterocycles. The zero-order chi connectivity index (χ0) is 28.9. The van der Waals surface area contributed by atoms with Crippen LogP contribution < -0.4 is 0 Å². The number of aromatic carboxylic acids is 1. The number of halogens is 2. The second kappa shape index (κ2) is 12.8. The van der Waals surface area contributed by atoms with E-state index < -0.39 is 17.1 Å². The molecule has 0 saturated carbocycles. The van der Waals surface area contributed by atoms with E-state index in [1.54, 1.807) is 36.4 Å². The highest BCUT2D eigenvalue weighted by molar-refractivity contribution is 7.91. The van der Waals surface area contributed by atoms with Crippen LogP contribution in [0.4, 0.5) is 0 Å². The molecule has 0 fully saturated rings. The minimum absolute atomic E-state index is 0.239. The summed E-state index contributed by atoms with van der Waals surface area (Å²) in [5.41, 5.74) is 5.79. The Bertz CT molecular complexity index is 1700. The molecular weight excluding hydrogens is 575 g/mol. The fourth-order valence-electron chi connectivity index (χ4n) is 4.39. The Balaban J connectivity index is 1.41. The lowest BCUT2D eigenvalue weighted by atomic mass is 10.0. The molecule has 206 valence electrons. The third kappa shape index (κ3) is 6.92. The van der Waals surface area contributed by atoms with Crippen molar-refractivity contribution in [3.63, 3.8) is 0 Å². The van der Waals surface area contributed by atoms with Crippen LogP contribution in [0.5, 0.6) is 0 Å². The molecule has 0 aliphatic carbocycles. The quantitative estimate of drug-likeness (QED) is 0.172. The summed E-state index contributed by atoms with van der Waals surface area (Å²) in [7, 11) is 0. The monoisotopic (exact) mass is 600 g/mol. The van der Waals surface area contributed by atoms with Crippen LogP contribution in [0, 0.1) is 0 Å². The van der Waals surface area contributed by atoms with Gasteiger partial charge in [-0.2, -0.15) is 0 Å². The summed E-state index contributed by atoms with van der Waals surface area (Å²) < 4.78 is 14.0. The van der Waals surface area contributed by atoms with Crippen LogP contribution in [0.2, 0.25) is 10.0 Å². The Morgan fingerprint density at radius 3 is 2.20 bits per heavy atom. The number of hydrogen-bond acceptors (Lipinski definition) is 3. The molecule has 1 aromatic heterocycles. The van der Waals surface area contributed by atoms with Crippen molar-refractivity contribution < 1.29 is 14.5 Å².